The second-order valence-electron chi connectivity index (χ2n) is 2.13. The van der Waals surface area contributed by atoms with Crippen LogP contribution >= 0.6 is 0 Å². The minimum atomic E-state index is -0.248. The standard InChI is InChI=1S/C7H11NO2/c1-6(5-9)7(10-2)3-4-8/h5-7H,3H2,1-2H3. The van der Waals surface area contributed by atoms with Crippen molar-refractivity contribution in [2.24, 2.45) is 5.92 Å². The largest absolute Gasteiger partial charge is 0.380 e. The Balaban J connectivity index is 3.81. The molecule has 0 amide bonds. The lowest BCUT2D eigenvalue weighted by Gasteiger charge is -2.13. The van der Waals surface area contributed by atoms with Crippen molar-refractivity contribution in [2.75, 3.05) is 7.11 Å². The number of methoxy groups -OCH3 is 1. The molecule has 2 unspecified atom stereocenters. The first-order valence-electron chi connectivity index (χ1n) is 3.11. The van der Waals surface area contributed by atoms with Crippen LogP contribution in [0.25, 0.3) is 0 Å². The highest BCUT2D eigenvalue weighted by molar-refractivity contribution is 5.53. The second kappa shape index (κ2) is 4.95. The molecule has 0 saturated heterocycles. The molecular weight excluding hydrogens is 130 g/mol. The number of ether oxygens (including phenoxy) is 1. The van der Waals surface area contributed by atoms with Crippen LogP contribution < -0.4 is 0 Å². The zero-order valence-corrected chi connectivity index (χ0v) is 6.20. The average molecular weight is 141 g/mol. The molecule has 0 radical (unpaired) electrons. The van der Waals surface area contributed by atoms with Gasteiger partial charge in [-0.15, -0.1) is 0 Å². The van der Waals surface area contributed by atoms with Crippen LogP contribution in [0, 0.1) is 17.2 Å². The summed E-state index contributed by atoms with van der Waals surface area (Å²) >= 11 is 0. The molecule has 0 aliphatic heterocycles. The highest BCUT2D eigenvalue weighted by atomic mass is 16.5. The molecule has 0 rings (SSSR count). The van der Waals surface area contributed by atoms with E-state index in [1.807, 2.05) is 6.07 Å². The van der Waals surface area contributed by atoms with Gasteiger partial charge in [-0.05, 0) is 0 Å². The van der Waals surface area contributed by atoms with E-state index in [0.717, 1.165) is 6.29 Å². The monoisotopic (exact) mass is 141 g/mol. The Morgan fingerprint density at radius 2 is 2.40 bits per heavy atom. The van der Waals surface area contributed by atoms with Crippen molar-refractivity contribution in [3.63, 3.8) is 0 Å². The smallest absolute Gasteiger partial charge is 0.125 e. The molecule has 0 aromatic heterocycles. The van der Waals surface area contributed by atoms with Crippen LogP contribution in [0.2, 0.25) is 0 Å². The van der Waals surface area contributed by atoms with Gasteiger partial charge in [-0.25, -0.2) is 0 Å². The molecule has 0 saturated carbocycles. The summed E-state index contributed by atoms with van der Waals surface area (Å²) in [6.07, 6.45) is 0.824. The molecule has 0 aliphatic carbocycles. The molecule has 3 heteroatoms. The van der Waals surface area contributed by atoms with Gasteiger partial charge in [0.2, 0.25) is 0 Å². The van der Waals surface area contributed by atoms with E-state index in [4.69, 9.17) is 10.00 Å². The molecular formula is C7H11NO2. The molecule has 0 aromatic rings. The van der Waals surface area contributed by atoms with E-state index in [2.05, 4.69) is 0 Å². The predicted molar refractivity (Wildman–Crippen MR) is 36.3 cm³/mol. The molecule has 10 heavy (non-hydrogen) atoms. The summed E-state index contributed by atoms with van der Waals surface area (Å²) in [6, 6.07) is 1.95. The van der Waals surface area contributed by atoms with Gasteiger partial charge in [-0.1, -0.05) is 6.92 Å². The summed E-state index contributed by atoms with van der Waals surface area (Å²) in [6.45, 7) is 1.73. The number of hydrogen-bond acceptors (Lipinski definition) is 3. The number of rotatable bonds is 4. The maximum atomic E-state index is 10.2. The number of aldehydes is 1. The van der Waals surface area contributed by atoms with Crippen LogP contribution in [-0.2, 0) is 9.53 Å². The molecule has 56 valence electrons. The van der Waals surface area contributed by atoms with Crippen molar-refractivity contribution in [1.29, 1.82) is 5.26 Å². The molecule has 0 fully saturated rings. The summed E-state index contributed by atoms with van der Waals surface area (Å²) in [5.41, 5.74) is 0. The van der Waals surface area contributed by atoms with Crippen molar-refractivity contribution in [3.8, 4) is 6.07 Å². The molecule has 0 bridgehead atoms. The fourth-order valence-electron chi connectivity index (χ4n) is 0.661. The van der Waals surface area contributed by atoms with Crippen molar-refractivity contribution in [1.82, 2.24) is 0 Å². The molecule has 0 heterocycles. The van der Waals surface area contributed by atoms with E-state index in [1.54, 1.807) is 6.92 Å². The van der Waals surface area contributed by atoms with Gasteiger partial charge in [0, 0.05) is 13.0 Å². The lowest BCUT2D eigenvalue weighted by Crippen LogP contribution is -2.20. The van der Waals surface area contributed by atoms with Gasteiger partial charge >= 0.3 is 0 Å². The van der Waals surface area contributed by atoms with Crippen LogP contribution in [0.15, 0.2) is 0 Å². The lowest BCUT2D eigenvalue weighted by molar-refractivity contribution is -0.114. The number of hydrogen-bond donors (Lipinski definition) is 0. The summed E-state index contributed by atoms with van der Waals surface area (Å²) in [5, 5.41) is 8.27. The maximum absolute atomic E-state index is 10.2. The third-order valence-electron chi connectivity index (χ3n) is 1.40. The van der Waals surface area contributed by atoms with Crippen LogP contribution in [0.4, 0.5) is 0 Å². The number of nitriles is 1. The first-order chi connectivity index (χ1) is 4.76. The highest BCUT2D eigenvalue weighted by Crippen LogP contribution is 2.06. The molecule has 0 aliphatic rings. The normalized spacial score (nSPS) is 15.3. The Hall–Kier alpha value is -0.880. The van der Waals surface area contributed by atoms with E-state index in [0.29, 0.717) is 0 Å². The third kappa shape index (κ3) is 2.60. The topological polar surface area (TPSA) is 50.1 Å². The van der Waals surface area contributed by atoms with Gasteiger partial charge in [0.15, 0.2) is 0 Å². The summed E-state index contributed by atoms with van der Waals surface area (Å²) < 4.78 is 4.89. The summed E-state index contributed by atoms with van der Waals surface area (Å²) in [5.74, 6) is -0.190. The van der Waals surface area contributed by atoms with E-state index in [1.165, 1.54) is 7.11 Å². The molecule has 0 spiro atoms. The first-order valence-corrected chi connectivity index (χ1v) is 3.11. The molecule has 3 nitrogen and oxygen atoms in total. The van der Waals surface area contributed by atoms with Crippen LogP contribution in [0.3, 0.4) is 0 Å². The molecule has 0 aromatic carbocycles. The zero-order valence-electron chi connectivity index (χ0n) is 6.20. The number of carbonyl (C=O) groups is 1. The van der Waals surface area contributed by atoms with E-state index >= 15 is 0 Å². The van der Waals surface area contributed by atoms with Crippen molar-refractivity contribution in [2.45, 2.75) is 19.4 Å². The second-order valence-corrected chi connectivity index (χ2v) is 2.13. The number of carbonyl (C=O) groups excluding carboxylic acids is 1. The minimum Gasteiger partial charge on any atom is -0.380 e. The fraction of sp³-hybridized carbons (Fsp3) is 0.714. The fourth-order valence-corrected chi connectivity index (χ4v) is 0.661. The highest BCUT2D eigenvalue weighted by Gasteiger charge is 2.14. The maximum Gasteiger partial charge on any atom is 0.125 e. The van der Waals surface area contributed by atoms with Crippen LogP contribution in [0.1, 0.15) is 13.3 Å². The Morgan fingerprint density at radius 3 is 2.70 bits per heavy atom. The first kappa shape index (κ1) is 9.12. The van der Waals surface area contributed by atoms with Crippen LogP contribution in [-0.4, -0.2) is 19.5 Å². The Kier molecular flexibility index (Phi) is 4.51. The lowest BCUT2D eigenvalue weighted by atomic mass is 10.0. The SMILES string of the molecule is COC(CC#N)C(C)C=O. The summed E-state index contributed by atoms with van der Waals surface area (Å²) in [7, 11) is 1.50. The van der Waals surface area contributed by atoms with Crippen molar-refractivity contribution < 1.29 is 9.53 Å². The predicted octanol–water partition coefficient (Wildman–Crippen LogP) is 0.750. The van der Waals surface area contributed by atoms with Gasteiger partial charge < -0.3 is 9.53 Å². The average Bonchev–Trinajstić information content (AvgIpc) is 1.99. The Morgan fingerprint density at radius 1 is 1.80 bits per heavy atom. The van der Waals surface area contributed by atoms with Gasteiger partial charge in [0.1, 0.15) is 6.29 Å². The van der Waals surface area contributed by atoms with E-state index in [-0.39, 0.29) is 18.4 Å². The van der Waals surface area contributed by atoms with E-state index in [9.17, 15) is 4.79 Å². The Bertz CT molecular complexity index is 139. The third-order valence-corrected chi connectivity index (χ3v) is 1.40. The molecule has 2 atom stereocenters. The summed E-state index contributed by atoms with van der Waals surface area (Å²) in [4.78, 5) is 10.2. The van der Waals surface area contributed by atoms with Gasteiger partial charge in [0.05, 0.1) is 18.6 Å². The Labute approximate surface area is 60.6 Å². The van der Waals surface area contributed by atoms with Gasteiger partial charge in [-0.2, -0.15) is 5.26 Å². The van der Waals surface area contributed by atoms with Crippen molar-refractivity contribution >= 4 is 6.29 Å². The van der Waals surface area contributed by atoms with E-state index < -0.39 is 0 Å². The van der Waals surface area contributed by atoms with Gasteiger partial charge in [-0.3, -0.25) is 0 Å². The molecule has 0 N–H and O–H groups in total. The van der Waals surface area contributed by atoms with Gasteiger partial charge in [0.25, 0.3) is 0 Å². The van der Waals surface area contributed by atoms with Crippen LogP contribution in [0.5, 0.6) is 0 Å². The zero-order chi connectivity index (χ0) is 7.98. The minimum absolute atomic E-state index is 0.190. The number of nitrogens with zero attached hydrogens (tertiary/aromatic N) is 1. The van der Waals surface area contributed by atoms with Crippen molar-refractivity contribution in [3.05, 3.63) is 0 Å². The quantitative estimate of drug-likeness (QED) is 0.543.